The summed E-state index contributed by atoms with van der Waals surface area (Å²) >= 11 is 0. The maximum atomic E-state index is 12.1. The van der Waals surface area contributed by atoms with Crippen LogP contribution in [0, 0.1) is 0 Å². The van der Waals surface area contributed by atoms with Crippen LogP contribution in [0.15, 0.2) is 54.9 Å². The lowest BCUT2D eigenvalue weighted by Crippen LogP contribution is -2.27. The predicted octanol–water partition coefficient (Wildman–Crippen LogP) is 1.70. The molecule has 0 unspecified atom stereocenters. The van der Waals surface area contributed by atoms with Crippen LogP contribution in [0.2, 0.25) is 0 Å². The molecule has 100 valence electrons. The molecule has 0 aliphatic rings. The average molecular weight is 266 g/mol. The Morgan fingerprint density at radius 2 is 1.95 bits per heavy atom. The lowest BCUT2D eigenvalue weighted by Gasteiger charge is -2.06. The minimum absolute atomic E-state index is 0.142. The van der Waals surface area contributed by atoms with E-state index in [2.05, 4.69) is 15.4 Å². The molecule has 0 radical (unpaired) electrons. The highest BCUT2D eigenvalue weighted by Crippen LogP contribution is 2.03. The average Bonchev–Trinajstić information content (AvgIpc) is 2.96. The minimum atomic E-state index is -0.142. The number of nitrogens with one attached hydrogen (secondary N) is 1. The highest BCUT2D eigenvalue weighted by Gasteiger charge is 2.10. The van der Waals surface area contributed by atoms with Crippen molar-refractivity contribution in [1.29, 1.82) is 0 Å². The monoisotopic (exact) mass is 266 g/mol. The Labute approximate surface area is 116 Å². The van der Waals surface area contributed by atoms with Gasteiger partial charge in [0.2, 0.25) is 0 Å². The Morgan fingerprint density at radius 3 is 2.80 bits per heavy atom. The van der Waals surface area contributed by atoms with Crippen molar-refractivity contribution in [3.05, 3.63) is 66.1 Å². The van der Waals surface area contributed by atoms with Gasteiger partial charge in [0.05, 0.1) is 6.20 Å². The molecular weight excluding hydrogens is 252 g/mol. The summed E-state index contributed by atoms with van der Waals surface area (Å²) < 4.78 is 1.54. The van der Waals surface area contributed by atoms with Crippen molar-refractivity contribution in [2.24, 2.45) is 0 Å². The predicted molar refractivity (Wildman–Crippen MR) is 75.5 cm³/mol. The standard InChI is InChI=1S/C15H14N4O/c20-15(17-9-6-12-4-2-1-3-5-12)13-7-10-16-14-8-11-18-19(13)14/h1-5,7-8,10-11H,6,9H2,(H,17,20). The molecule has 1 N–H and O–H groups in total. The van der Waals surface area contributed by atoms with Crippen molar-refractivity contribution in [3.63, 3.8) is 0 Å². The Bertz CT molecular complexity index is 721. The number of hydrogen-bond acceptors (Lipinski definition) is 3. The molecule has 2 heterocycles. The van der Waals surface area contributed by atoms with Gasteiger partial charge in [0.15, 0.2) is 5.65 Å². The molecule has 1 amide bonds. The second kappa shape index (κ2) is 5.52. The molecule has 0 bridgehead atoms. The van der Waals surface area contributed by atoms with Gasteiger partial charge in [-0.3, -0.25) is 4.79 Å². The number of carbonyl (C=O) groups excluding carboxylic acids is 1. The molecule has 0 aliphatic carbocycles. The van der Waals surface area contributed by atoms with Gasteiger partial charge in [-0.25, -0.2) is 9.50 Å². The van der Waals surface area contributed by atoms with E-state index in [9.17, 15) is 4.79 Å². The second-order valence-corrected chi connectivity index (χ2v) is 4.42. The highest BCUT2D eigenvalue weighted by molar-refractivity contribution is 5.92. The fourth-order valence-electron chi connectivity index (χ4n) is 2.06. The zero-order chi connectivity index (χ0) is 13.8. The molecule has 2 aromatic heterocycles. The van der Waals surface area contributed by atoms with E-state index in [0.29, 0.717) is 17.9 Å². The van der Waals surface area contributed by atoms with Crippen molar-refractivity contribution in [2.75, 3.05) is 6.54 Å². The van der Waals surface area contributed by atoms with Gasteiger partial charge in [0.1, 0.15) is 5.69 Å². The first kappa shape index (κ1) is 12.3. The number of carbonyl (C=O) groups is 1. The van der Waals surface area contributed by atoms with Gasteiger partial charge in [-0.15, -0.1) is 0 Å². The molecule has 20 heavy (non-hydrogen) atoms. The van der Waals surface area contributed by atoms with Crippen LogP contribution in [0.1, 0.15) is 16.1 Å². The quantitative estimate of drug-likeness (QED) is 0.782. The van der Waals surface area contributed by atoms with Crippen molar-refractivity contribution < 1.29 is 4.79 Å². The topological polar surface area (TPSA) is 59.3 Å². The van der Waals surface area contributed by atoms with Gasteiger partial charge in [0.25, 0.3) is 5.91 Å². The zero-order valence-electron chi connectivity index (χ0n) is 10.9. The lowest BCUT2D eigenvalue weighted by molar-refractivity contribution is 0.0946. The zero-order valence-corrected chi connectivity index (χ0v) is 10.9. The van der Waals surface area contributed by atoms with E-state index in [1.165, 1.54) is 10.1 Å². The summed E-state index contributed by atoms with van der Waals surface area (Å²) in [5.41, 5.74) is 2.36. The summed E-state index contributed by atoms with van der Waals surface area (Å²) in [5.74, 6) is -0.142. The third-order valence-electron chi connectivity index (χ3n) is 3.06. The van der Waals surface area contributed by atoms with Gasteiger partial charge in [-0.2, -0.15) is 5.10 Å². The van der Waals surface area contributed by atoms with E-state index in [-0.39, 0.29) is 5.91 Å². The van der Waals surface area contributed by atoms with Crippen LogP contribution >= 0.6 is 0 Å². The molecule has 0 fully saturated rings. The first-order chi connectivity index (χ1) is 9.84. The van der Waals surface area contributed by atoms with E-state index in [0.717, 1.165) is 6.42 Å². The first-order valence-corrected chi connectivity index (χ1v) is 6.45. The van der Waals surface area contributed by atoms with Gasteiger partial charge >= 0.3 is 0 Å². The SMILES string of the molecule is O=C(NCCc1ccccc1)c1ccnc2ccnn12. The normalized spacial score (nSPS) is 10.6. The number of rotatable bonds is 4. The molecule has 3 rings (SSSR count). The third-order valence-corrected chi connectivity index (χ3v) is 3.06. The molecule has 5 nitrogen and oxygen atoms in total. The van der Waals surface area contributed by atoms with E-state index in [1.54, 1.807) is 24.5 Å². The molecule has 1 aromatic carbocycles. The van der Waals surface area contributed by atoms with Crippen molar-refractivity contribution in [1.82, 2.24) is 19.9 Å². The van der Waals surface area contributed by atoms with Crippen LogP contribution in [0.5, 0.6) is 0 Å². The van der Waals surface area contributed by atoms with Crippen LogP contribution < -0.4 is 5.32 Å². The molecule has 3 aromatic rings. The van der Waals surface area contributed by atoms with Gasteiger partial charge in [0, 0.05) is 18.8 Å². The maximum Gasteiger partial charge on any atom is 0.270 e. The fourth-order valence-corrected chi connectivity index (χ4v) is 2.06. The van der Waals surface area contributed by atoms with Gasteiger partial charge in [-0.1, -0.05) is 30.3 Å². The highest BCUT2D eigenvalue weighted by atomic mass is 16.1. The fraction of sp³-hybridized carbons (Fsp3) is 0.133. The minimum Gasteiger partial charge on any atom is -0.350 e. The number of hydrogen-bond donors (Lipinski definition) is 1. The summed E-state index contributed by atoms with van der Waals surface area (Å²) in [6.07, 6.45) is 4.05. The number of fused-ring (bicyclic) bond motifs is 1. The van der Waals surface area contributed by atoms with Gasteiger partial charge in [-0.05, 0) is 18.1 Å². The van der Waals surface area contributed by atoms with Gasteiger partial charge < -0.3 is 5.32 Å². The van der Waals surface area contributed by atoms with E-state index in [4.69, 9.17) is 0 Å². The van der Waals surface area contributed by atoms with Crippen molar-refractivity contribution >= 4 is 11.6 Å². The Morgan fingerprint density at radius 1 is 1.10 bits per heavy atom. The van der Waals surface area contributed by atoms with E-state index >= 15 is 0 Å². The third kappa shape index (κ3) is 2.51. The van der Waals surface area contributed by atoms with E-state index in [1.807, 2.05) is 30.3 Å². The summed E-state index contributed by atoms with van der Waals surface area (Å²) in [6.45, 7) is 0.591. The molecule has 0 atom stereocenters. The molecular formula is C15H14N4O. The number of nitrogens with zero attached hydrogens (tertiary/aromatic N) is 3. The number of aromatic nitrogens is 3. The van der Waals surface area contributed by atoms with Crippen LogP contribution in [0.25, 0.3) is 5.65 Å². The second-order valence-electron chi connectivity index (χ2n) is 4.42. The molecule has 0 saturated heterocycles. The molecule has 0 aliphatic heterocycles. The molecule has 0 spiro atoms. The van der Waals surface area contributed by atoms with E-state index < -0.39 is 0 Å². The summed E-state index contributed by atoms with van der Waals surface area (Å²) in [5, 5.41) is 7.00. The number of amides is 1. The Hall–Kier alpha value is -2.69. The lowest BCUT2D eigenvalue weighted by atomic mass is 10.1. The first-order valence-electron chi connectivity index (χ1n) is 6.45. The molecule has 5 heteroatoms. The number of benzene rings is 1. The smallest absolute Gasteiger partial charge is 0.270 e. The van der Waals surface area contributed by atoms with Crippen molar-refractivity contribution in [2.45, 2.75) is 6.42 Å². The summed E-state index contributed by atoms with van der Waals surface area (Å²) in [7, 11) is 0. The maximum absolute atomic E-state index is 12.1. The summed E-state index contributed by atoms with van der Waals surface area (Å²) in [4.78, 5) is 16.3. The van der Waals surface area contributed by atoms with Crippen LogP contribution in [0.3, 0.4) is 0 Å². The van der Waals surface area contributed by atoms with Crippen LogP contribution in [0.4, 0.5) is 0 Å². The largest absolute Gasteiger partial charge is 0.350 e. The van der Waals surface area contributed by atoms with Crippen LogP contribution in [-0.2, 0) is 6.42 Å². The Balaban J connectivity index is 1.66. The van der Waals surface area contributed by atoms with Crippen molar-refractivity contribution in [3.8, 4) is 0 Å². The van der Waals surface area contributed by atoms with Crippen LogP contribution in [-0.4, -0.2) is 27.0 Å². The summed E-state index contributed by atoms with van der Waals surface area (Å²) in [6, 6.07) is 13.5. The molecule has 0 saturated carbocycles. The Kier molecular flexibility index (Phi) is 3.41.